The first kappa shape index (κ1) is 19.4. The summed E-state index contributed by atoms with van der Waals surface area (Å²) in [5.41, 5.74) is 12.7. The predicted octanol–water partition coefficient (Wildman–Crippen LogP) is 1.46. The van der Waals surface area contributed by atoms with Crippen molar-refractivity contribution in [3.63, 3.8) is 0 Å². The summed E-state index contributed by atoms with van der Waals surface area (Å²) in [6.07, 6.45) is 0. The smallest absolute Gasteiger partial charge is 0.339 e. The van der Waals surface area contributed by atoms with Crippen LogP contribution in [0.25, 0.3) is 11.1 Å². The molecule has 2 amide bonds. The van der Waals surface area contributed by atoms with Gasteiger partial charge in [0.25, 0.3) is 0 Å². The number of anilines is 3. The van der Waals surface area contributed by atoms with Crippen molar-refractivity contribution in [2.75, 3.05) is 48.9 Å². The van der Waals surface area contributed by atoms with Crippen LogP contribution in [0.3, 0.4) is 0 Å². The van der Waals surface area contributed by atoms with E-state index in [1.165, 1.54) is 0 Å². The number of benzene rings is 1. The number of carbonyl (C=O) groups is 1. The van der Waals surface area contributed by atoms with Crippen molar-refractivity contribution in [3.05, 3.63) is 29.5 Å². The van der Waals surface area contributed by atoms with Crippen LogP contribution in [0, 0.1) is 13.8 Å². The number of hydrogen-bond acceptors (Lipinski definition) is 9. The second-order valence-corrected chi connectivity index (χ2v) is 7.78. The van der Waals surface area contributed by atoms with Gasteiger partial charge in [-0.15, -0.1) is 0 Å². The highest BCUT2D eigenvalue weighted by atomic mass is 16.5. The third-order valence-electron chi connectivity index (χ3n) is 5.82. The number of nitrogen functional groups attached to an aromatic ring is 1. The van der Waals surface area contributed by atoms with Crippen LogP contribution < -0.4 is 25.8 Å². The van der Waals surface area contributed by atoms with Gasteiger partial charge in [0.1, 0.15) is 17.0 Å². The van der Waals surface area contributed by atoms with Crippen molar-refractivity contribution < 1.29 is 14.1 Å². The molecular weight excluding hydrogens is 400 g/mol. The number of nitrogens with zero attached hydrogens (tertiary/aromatic N) is 6. The first-order chi connectivity index (χ1) is 15.0. The van der Waals surface area contributed by atoms with E-state index >= 15 is 0 Å². The van der Waals surface area contributed by atoms with Crippen LogP contribution in [0.2, 0.25) is 0 Å². The zero-order valence-corrected chi connectivity index (χ0v) is 17.6. The molecule has 0 radical (unpaired) electrons. The Labute approximate surface area is 178 Å². The van der Waals surface area contributed by atoms with Crippen molar-refractivity contribution in [1.82, 2.24) is 25.5 Å². The van der Waals surface area contributed by atoms with Gasteiger partial charge in [0.15, 0.2) is 5.82 Å². The van der Waals surface area contributed by atoms with E-state index in [4.69, 9.17) is 15.0 Å². The topological polar surface area (TPSA) is 126 Å². The molecule has 31 heavy (non-hydrogen) atoms. The van der Waals surface area contributed by atoms with E-state index in [1.807, 2.05) is 36.9 Å². The average molecular weight is 424 g/mol. The van der Waals surface area contributed by atoms with Gasteiger partial charge in [-0.1, -0.05) is 5.16 Å². The summed E-state index contributed by atoms with van der Waals surface area (Å²) >= 11 is 0. The van der Waals surface area contributed by atoms with E-state index in [0.717, 1.165) is 17.0 Å². The molecule has 11 heteroatoms. The standard InChI is InChI=1S/C20H24N8O3/c1-11-8-13(4-5-15(11)30-3)28-20(29)27-7-6-26(10-14(27)9-22-28)18-17-16(12(2)25-31-17)23-19(21)24-18/h4-5,8,14,22H,6-7,9-10H2,1-3H3,(H2,21,23,24)/t14-/m1/s1. The Morgan fingerprint density at radius 3 is 2.87 bits per heavy atom. The van der Waals surface area contributed by atoms with E-state index < -0.39 is 0 Å². The summed E-state index contributed by atoms with van der Waals surface area (Å²) in [4.78, 5) is 25.8. The molecule has 0 bridgehead atoms. The number of nitrogens with one attached hydrogen (secondary N) is 1. The Balaban J connectivity index is 1.37. The van der Waals surface area contributed by atoms with Crippen LogP contribution in [-0.2, 0) is 0 Å². The number of carbonyl (C=O) groups excluding carboxylic acids is 1. The number of aryl methyl sites for hydroxylation is 2. The van der Waals surface area contributed by atoms with Crippen molar-refractivity contribution in [2.24, 2.45) is 0 Å². The Kier molecular flexibility index (Phi) is 4.54. The number of fused-ring (bicyclic) bond motifs is 2. The molecule has 2 saturated heterocycles. The van der Waals surface area contributed by atoms with Crippen LogP contribution >= 0.6 is 0 Å². The largest absolute Gasteiger partial charge is 0.496 e. The predicted molar refractivity (Wildman–Crippen MR) is 115 cm³/mol. The number of ether oxygens (including phenoxy) is 1. The Hall–Kier alpha value is -3.60. The zero-order chi connectivity index (χ0) is 21.7. The number of hydrogen-bond donors (Lipinski definition) is 2. The van der Waals surface area contributed by atoms with E-state index in [1.54, 1.807) is 12.1 Å². The lowest BCUT2D eigenvalue weighted by molar-refractivity contribution is 0.150. The molecule has 3 N–H and O–H groups in total. The number of piperazine rings is 1. The number of rotatable bonds is 3. The highest BCUT2D eigenvalue weighted by molar-refractivity contribution is 5.93. The van der Waals surface area contributed by atoms with Gasteiger partial charge in [0, 0.05) is 26.2 Å². The first-order valence-electron chi connectivity index (χ1n) is 10.1. The lowest BCUT2D eigenvalue weighted by Gasteiger charge is -2.47. The summed E-state index contributed by atoms with van der Waals surface area (Å²) in [6, 6.07) is 5.58. The first-order valence-corrected chi connectivity index (χ1v) is 10.1. The van der Waals surface area contributed by atoms with Crippen LogP contribution in [0.1, 0.15) is 11.3 Å². The van der Waals surface area contributed by atoms with Gasteiger partial charge in [-0.05, 0) is 37.6 Å². The summed E-state index contributed by atoms with van der Waals surface area (Å²) in [7, 11) is 1.63. The van der Waals surface area contributed by atoms with Crippen molar-refractivity contribution in [3.8, 4) is 5.75 Å². The lowest BCUT2D eigenvalue weighted by Crippen LogP contribution is -2.68. The minimum atomic E-state index is -0.0803. The SMILES string of the molecule is COc1ccc(N2NC[C@@H]3CN(c4nc(N)nc5c(C)noc45)CCN3C2=O)cc1C. The molecule has 1 aromatic carbocycles. The van der Waals surface area contributed by atoms with Crippen LogP contribution in [-0.4, -0.2) is 65.4 Å². The molecule has 3 aromatic rings. The number of amides is 2. The number of hydrazine groups is 1. The fourth-order valence-electron chi connectivity index (χ4n) is 4.23. The summed E-state index contributed by atoms with van der Waals surface area (Å²) < 4.78 is 10.8. The highest BCUT2D eigenvalue weighted by Crippen LogP contribution is 2.30. The number of urea groups is 1. The molecule has 11 nitrogen and oxygen atoms in total. The van der Waals surface area contributed by atoms with Crippen molar-refractivity contribution in [2.45, 2.75) is 19.9 Å². The van der Waals surface area contributed by atoms with Crippen LogP contribution in [0.4, 0.5) is 22.2 Å². The third-order valence-corrected chi connectivity index (χ3v) is 5.82. The van der Waals surface area contributed by atoms with E-state index in [2.05, 4.69) is 25.5 Å². The van der Waals surface area contributed by atoms with Gasteiger partial charge in [0.05, 0.1) is 18.8 Å². The van der Waals surface area contributed by atoms with E-state index in [9.17, 15) is 4.79 Å². The molecule has 0 unspecified atom stereocenters. The maximum Gasteiger partial charge on any atom is 0.339 e. The Morgan fingerprint density at radius 1 is 1.26 bits per heavy atom. The molecule has 0 saturated carbocycles. The summed E-state index contributed by atoms with van der Waals surface area (Å²) in [5.74, 6) is 1.58. The molecule has 1 atom stereocenters. The minimum absolute atomic E-state index is 0.0212. The fourth-order valence-corrected chi connectivity index (χ4v) is 4.23. The normalized spacial score (nSPS) is 19.1. The van der Waals surface area contributed by atoms with Gasteiger partial charge >= 0.3 is 6.03 Å². The monoisotopic (exact) mass is 424 g/mol. The van der Waals surface area contributed by atoms with Gasteiger partial charge in [-0.2, -0.15) is 4.98 Å². The van der Waals surface area contributed by atoms with Gasteiger partial charge < -0.3 is 24.8 Å². The summed E-state index contributed by atoms with van der Waals surface area (Å²) in [5, 5.41) is 5.59. The van der Waals surface area contributed by atoms with Gasteiger partial charge in [0.2, 0.25) is 11.5 Å². The van der Waals surface area contributed by atoms with Gasteiger partial charge in [-0.25, -0.2) is 20.2 Å². The van der Waals surface area contributed by atoms with Crippen LogP contribution in [0.15, 0.2) is 22.7 Å². The van der Waals surface area contributed by atoms with Crippen LogP contribution in [0.5, 0.6) is 5.75 Å². The van der Waals surface area contributed by atoms with E-state index in [0.29, 0.717) is 48.8 Å². The molecule has 0 spiro atoms. The summed E-state index contributed by atoms with van der Waals surface area (Å²) in [6.45, 7) is 6.13. The molecule has 2 aliphatic rings. The zero-order valence-electron chi connectivity index (χ0n) is 17.6. The molecular formula is C20H24N8O3. The van der Waals surface area contributed by atoms with Gasteiger partial charge in [-0.3, -0.25) is 0 Å². The average Bonchev–Trinajstić information content (AvgIpc) is 3.13. The van der Waals surface area contributed by atoms with E-state index in [-0.39, 0.29) is 18.0 Å². The second-order valence-electron chi connectivity index (χ2n) is 7.78. The Morgan fingerprint density at radius 2 is 2.10 bits per heavy atom. The maximum atomic E-state index is 13.2. The second kappa shape index (κ2) is 7.27. The molecule has 2 aliphatic heterocycles. The molecule has 2 fully saturated rings. The lowest BCUT2D eigenvalue weighted by atomic mass is 10.1. The highest BCUT2D eigenvalue weighted by Gasteiger charge is 2.39. The number of methoxy groups -OCH3 is 1. The third kappa shape index (κ3) is 3.17. The maximum absolute atomic E-state index is 13.2. The molecule has 5 rings (SSSR count). The quantitative estimate of drug-likeness (QED) is 0.642. The number of aromatic nitrogens is 3. The number of nitrogens with two attached hydrogens (primary N) is 1. The molecule has 162 valence electrons. The molecule has 2 aromatic heterocycles. The fraction of sp³-hybridized carbons (Fsp3) is 0.400. The molecule has 4 heterocycles. The Bertz CT molecular complexity index is 1160. The van der Waals surface area contributed by atoms with Crippen molar-refractivity contribution in [1.29, 1.82) is 0 Å². The van der Waals surface area contributed by atoms with Crippen molar-refractivity contribution >= 4 is 34.6 Å². The molecule has 0 aliphatic carbocycles. The minimum Gasteiger partial charge on any atom is -0.496 e.